The Bertz CT molecular complexity index is 453. The molecule has 0 unspecified atom stereocenters. The molecule has 0 aliphatic rings. The van der Waals surface area contributed by atoms with Crippen molar-refractivity contribution in [3.63, 3.8) is 0 Å². The average molecular weight is 228 g/mol. The average Bonchev–Trinajstić information content (AvgIpc) is 2.40. The summed E-state index contributed by atoms with van der Waals surface area (Å²) >= 11 is 0. The largest absolute Gasteiger partial charge is 0.456 e. The van der Waals surface area contributed by atoms with E-state index in [-0.39, 0.29) is 6.04 Å². The zero-order chi connectivity index (χ0) is 12.1. The third-order valence-electron chi connectivity index (χ3n) is 2.62. The lowest BCUT2D eigenvalue weighted by molar-refractivity contribution is 0.480. The number of hydrogen-bond acceptors (Lipinski definition) is 3. The molecule has 3 heteroatoms. The summed E-state index contributed by atoms with van der Waals surface area (Å²) in [7, 11) is 0. The predicted molar refractivity (Wildman–Crippen MR) is 68.0 cm³/mol. The molecule has 1 aromatic carbocycles. The maximum Gasteiger partial charge on any atom is 0.145 e. The minimum atomic E-state index is 0.0995. The highest BCUT2D eigenvalue weighted by atomic mass is 16.5. The van der Waals surface area contributed by atoms with Gasteiger partial charge in [0, 0.05) is 12.2 Å². The van der Waals surface area contributed by atoms with Crippen LogP contribution in [0.15, 0.2) is 48.8 Å². The van der Waals surface area contributed by atoms with E-state index in [1.54, 1.807) is 12.4 Å². The van der Waals surface area contributed by atoms with Crippen LogP contribution in [0, 0.1) is 0 Å². The molecule has 0 aliphatic carbocycles. The molecule has 0 spiro atoms. The third kappa shape index (κ3) is 3.04. The van der Waals surface area contributed by atoms with Gasteiger partial charge >= 0.3 is 0 Å². The lowest BCUT2D eigenvalue weighted by Crippen LogP contribution is -2.07. The fraction of sp³-hybridized carbons (Fsp3) is 0.214. The Hall–Kier alpha value is -1.87. The minimum Gasteiger partial charge on any atom is -0.456 e. The van der Waals surface area contributed by atoms with Crippen LogP contribution in [0.2, 0.25) is 0 Å². The van der Waals surface area contributed by atoms with Crippen molar-refractivity contribution in [1.29, 1.82) is 0 Å². The number of benzene rings is 1. The van der Waals surface area contributed by atoms with Gasteiger partial charge in [-0.15, -0.1) is 0 Å². The van der Waals surface area contributed by atoms with Gasteiger partial charge in [-0.1, -0.05) is 19.1 Å². The fourth-order valence-corrected chi connectivity index (χ4v) is 1.56. The molecule has 1 heterocycles. The van der Waals surface area contributed by atoms with Crippen molar-refractivity contribution in [2.75, 3.05) is 0 Å². The quantitative estimate of drug-likeness (QED) is 0.873. The van der Waals surface area contributed by atoms with Gasteiger partial charge < -0.3 is 10.5 Å². The van der Waals surface area contributed by atoms with Gasteiger partial charge in [0.25, 0.3) is 0 Å². The fourth-order valence-electron chi connectivity index (χ4n) is 1.56. The SMILES string of the molecule is CC[C@@H](N)c1ccc(Oc2cccnc2)cc1. The van der Waals surface area contributed by atoms with E-state index in [2.05, 4.69) is 11.9 Å². The molecule has 0 fully saturated rings. The van der Waals surface area contributed by atoms with Gasteiger partial charge in [0.1, 0.15) is 11.5 Å². The number of nitrogens with two attached hydrogens (primary N) is 1. The van der Waals surface area contributed by atoms with Gasteiger partial charge in [0.15, 0.2) is 0 Å². The summed E-state index contributed by atoms with van der Waals surface area (Å²) in [5.74, 6) is 1.53. The van der Waals surface area contributed by atoms with Crippen molar-refractivity contribution in [2.24, 2.45) is 5.73 Å². The first-order chi connectivity index (χ1) is 8.29. The summed E-state index contributed by atoms with van der Waals surface area (Å²) in [6, 6.07) is 11.7. The summed E-state index contributed by atoms with van der Waals surface area (Å²) in [6.07, 6.45) is 4.34. The zero-order valence-electron chi connectivity index (χ0n) is 9.84. The highest BCUT2D eigenvalue weighted by Gasteiger charge is 2.03. The van der Waals surface area contributed by atoms with Crippen molar-refractivity contribution in [1.82, 2.24) is 4.98 Å². The Morgan fingerprint density at radius 2 is 1.94 bits per heavy atom. The molecule has 0 saturated heterocycles. The first kappa shape index (κ1) is 11.6. The van der Waals surface area contributed by atoms with Crippen LogP contribution in [0.3, 0.4) is 0 Å². The first-order valence-electron chi connectivity index (χ1n) is 5.73. The number of pyridine rings is 1. The van der Waals surface area contributed by atoms with Crippen LogP contribution in [0.25, 0.3) is 0 Å². The standard InChI is InChI=1S/C14H16N2O/c1-2-14(15)11-5-7-12(8-6-11)17-13-4-3-9-16-10-13/h3-10,14H,2,15H2,1H3/t14-/m1/s1. The molecule has 0 bridgehead atoms. The third-order valence-corrected chi connectivity index (χ3v) is 2.62. The monoisotopic (exact) mass is 228 g/mol. The second-order valence-corrected chi connectivity index (χ2v) is 3.87. The number of rotatable bonds is 4. The van der Waals surface area contributed by atoms with Crippen molar-refractivity contribution in [2.45, 2.75) is 19.4 Å². The van der Waals surface area contributed by atoms with Gasteiger partial charge in [-0.3, -0.25) is 4.98 Å². The van der Waals surface area contributed by atoms with Crippen LogP contribution in [0.4, 0.5) is 0 Å². The number of aromatic nitrogens is 1. The molecular formula is C14H16N2O. The molecule has 3 nitrogen and oxygen atoms in total. The summed E-state index contributed by atoms with van der Waals surface area (Å²) in [5, 5.41) is 0. The predicted octanol–water partition coefficient (Wildman–Crippen LogP) is 3.28. The van der Waals surface area contributed by atoms with E-state index >= 15 is 0 Å². The second kappa shape index (κ2) is 5.46. The Morgan fingerprint density at radius 3 is 2.53 bits per heavy atom. The summed E-state index contributed by atoms with van der Waals surface area (Å²) in [5.41, 5.74) is 7.08. The van der Waals surface area contributed by atoms with Crippen molar-refractivity contribution < 1.29 is 4.74 Å². The lowest BCUT2D eigenvalue weighted by Gasteiger charge is -2.10. The second-order valence-electron chi connectivity index (χ2n) is 3.87. The van der Waals surface area contributed by atoms with Gasteiger partial charge in [-0.25, -0.2) is 0 Å². The molecule has 0 radical (unpaired) electrons. The highest BCUT2D eigenvalue weighted by molar-refractivity contribution is 5.32. The van der Waals surface area contributed by atoms with Crippen molar-refractivity contribution in [3.05, 3.63) is 54.4 Å². The number of hydrogen-bond donors (Lipinski definition) is 1. The molecule has 0 amide bonds. The Balaban J connectivity index is 2.08. The Kier molecular flexibility index (Phi) is 3.73. The van der Waals surface area contributed by atoms with Crippen LogP contribution in [0.1, 0.15) is 24.9 Å². The van der Waals surface area contributed by atoms with Crippen LogP contribution in [-0.4, -0.2) is 4.98 Å². The lowest BCUT2D eigenvalue weighted by atomic mass is 10.1. The summed E-state index contributed by atoms with van der Waals surface area (Å²) in [6.45, 7) is 2.07. The molecular weight excluding hydrogens is 212 g/mol. The molecule has 0 aliphatic heterocycles. The van der Waals surface area contributed by atoms with E-state index in [0.717, 1.165) is 23.5 Å². The van der Waals surface area contributed by atoms with Gasteiger partial charge in [-0.2, -0.15) is 0 Å². The van der Waals surface area contributed by atoms with Gasteiger partial charge in [-0.05, 0) is 36.2 Å². The molecule has 17 heavy (non-hydrogen) atoms. The topological polar surface area (TPSA) is 48.1 Å². The molecule has 2 aromatic rings. The summed E-state index contributed by atoms with van der Waals surface area (Å²) < 4.78 is 5.64. The number of nitrogens with zero attached hydrogens (tertiary/aromatic N) is 1. The smallest absolute Gasteiger partial charge is 0.145 e. The highest BCUT2D eigenvalue weighted by Crippen LogP contribution is 2.22. The minimum absolute atomic E-state index is 0.0995. The van der Waals surface area contributed by atoms with E-state index in [9.17, 15) is 0 Å². The maximum absolute atomic E-state index is 5.95. The zero-order valence-corrected chi connectivity index (χ0v) is 9.84. The summed E-state index contributed by atoms with van der Waals surface area (Å²) in [4.78, 5) is 3.99. The Morgan fingerprint density at radius 1 is 1.18 bits per heavy atom. The normalized spacial score (nSPS) is 12.1. The van der Waals surface area contributed by atoms with Crippen LogP contribution >= 0.6 is 0 Å². The van der Waals surface area contributed by atoms with Crippen molar-refractivity contribution in [3.8, 4) is 11.5 Å². The van der Waals surface area contributed by atoms with Crippen LogP contribution < -0.4 is 10.5 Å². The van der Waals surface area contributed by atoms with E-state index in [1.807, 2.05) is 36.4 Å². The molecule has 2 rings (SSSR count). The van der Waals surface area contributed by atoms with E-state index in [1.165, 1.54) is 0 Å². The van der Waals surface area contributed by atoms with Gasteiger partial charge in [0.2, 0.25) is 0 Å². The Labute approximate surface area is 101 Å². The van der Waals surface area contributed by atoms with E-state index in [0.29, 0.717) is 0 Å². The van der Waals surface area contributed by atoms with Crippen molar-refractivity contribution >= 4 is 0 Å². The molecule has 88 valence electrons. The maximum atomic E-state index is 5.95. The van der Waals surface area contributed by atoms with E-state index < -0.39 is 0 Å². The molecule has 1 aromatic heterocycles. The molecule has 1 atom stereocenters. The number of ether oxygens (including phenoxy) is 1. The van der Waals surface area contributed by atoms with Crippen LogP contribution in [-0.2, 0) is 0 Å². The van der Waals surface area contributed by atoms with Gasteiger partial charge in [0.05, 0.1) is 6.20 Å². The van der Waals surface area contributed by atoms with E-state index in [4.69, 9.17) is 10.5 Å². The van der Waals surface area contributed by atoms with Crippen LogP contribution in [0.5, 0.6) is 11.5 Å². The molecule has 0 saturated carbocycles. The first-order valence-corrected chi connectivity index (χ1v) is 5.73. The molecule has 2 N–H and O–H groups in total.